The van der Waals surface area contributed by atoms with E-state index in [9.17, 15) is 9.90 Å². The zero-order valence-electron chi connectivity index (χ0n) is 10.7. The summed E-state index contributed by atoms with van der Waals surface area (Å²) in [6.45, 7) is 1.46. The second kappa shape index (κ2) is 6.05. The van der Waals surface area contributed by atoms with Crippen molar-refractivity contribution in [3.63, 3.8) is 0 Å². The van der Waals surface area contributed by atoms with Crippen molar-refractivity contribution in [2.24, 2.45) is 0 Å². The Balaban J connectivity index is 2.17. The summed E-state index contributed by atoms with van der Waals surface area (Å²) >= 11 is 0. The molecular formula is C15H16N2O2. The molecule has 1 heterocycles. The fourth-order valence-electron chi connectivity index (χ4n) is 2.15. The van der Waals surface area contributed by atoms with Crippen LogP contribution in [0.3, 0.4) is 0 Å². The number of benzene rings is 1. The topological polar surface area (TPSA) is 64.3 Å². The number of carbonyl (C=O) groups excluding carboxylic acids is 1. The standard InChI is InChI=1S/C15H16N2O2/c16-11-13(10-12-4-6-14(18)7-5-12)15(19)17-8-2-1-3-9-17/h4-7,10,18H,1-3,8-9H2/b13-10+. The van der Waals surface area contributed by atoms with Gasteiger partial charge in [-0.25, -0.2) is 0 Å². The predicted octanol–water partition coefficient (Wildman–Crippen LogP) is 2.31. The van der Waals surface area contributed by atoms with Gasteiger partial charge in [0.1, 0.15) is 17.4 Å². The minimum atomic E-state index is -0.199. The summed E-state index contributed by atoms with van der Waals surface area (Å²) in [6.07, 6.45) is 4.72. The minimum absolute atomic E-state index is 0.146. The van der Waals surface area contributed by atoms with Crippen molar-refractivity contribution < 1.29 is 9.90 Å². The van der Waals surface area contributed by atoms with E-state index >= 15 is 0 Å². The maximum atomic E-state index is 12.2. The molecule has 98 valence electrons. The van der Waals surface area contributed by atoms with Gasteiger partial charge in [0.15, 0.2) is 0 Å². The molecule has 1 aromatic rings. The highest BCUT2D eigenvalue weighted by Gasteiger charge is 2.19. The number of phenols is 1. The van der Waals surface area contributed by atoms with Crippen molar-refractivity contribution in [1.82, 2.24) is 4.90 Å². The Morgan fingerprint density at radius 2 is 1.84 bits per heavy atom. The number of piperidine rings is 1. The molecule has 4 heteroatoms. The fourth-order valence-corrected chi connectivity index (χ4v) is 2.15. The zero-order valence-corrected chi connectivity index (χ0v) is 10.7. The number of hydrogen-bond donors (Lipinski definition) is 1. The van der Waals surface area contributed by atoms with Crippen LogP contribution < -0.4 is 0 Å². The maximum Gasteiger partial charge on any atom is 0.264 e. The third-order valence-corrected chi connectivity index (χ3v) is 3.20. The van der Waals surface area contributed by atoms with Gasteiger partial charge < -0.3 is 10.0 Å². The SMILES string of the molecule is N#C/C(=C\c1ccc(O)cc1)C(=O)N1CCCCC1. The van der Waals surface area contributed by atoms with Crippen LogP contribution in [-0.2, 0) is 4.79 Å². The first-order chi connectivity index (χ1) is 9.20. The van der Waals surface area contributed by atoms with Crippen LogP contribution in [0.4, 0.5) is 0 Å². The number of rotatable bonds is 2. The smallest absolute Gasteiger partial charge is 0.264 e. The van der Waals surface area contributed by atoms with Crippen molar-refractivity contribution >= 4 is 12.0 Å². The molecule has 0 radical (unpaired) electrons. The van der Waals surface area contributed by atoms with Gasteiger partial charge in [0.25, 0.3) is 5.91 Å². The van der Waals surface area contributed by atoms with Crippen LogP contribution >= 0.6 is 0 Å². The van der Waals surface area contributed by atoms with Gasteiger partial charge in [-0.05, 0) is 43.0 Å². The maximum absolute atomic E-state index is 12.2. The lowest BCUT2D eigenvalue weighted by molar-refractivity contribution is -0.127. The van der Waals surface area contributed by atoms with Gasteiger partial charge in [0.05, 0.1) is 0 Å². The van der Waals surface area contributed by atoms with Crippen molar-refractivity contribution in [2.75, 3.05) is 13.1 Å². The van der Waals surface area contributed by atoms with E-state index in [1.165, 1.54) is 12.1 Å². The fraction of sp³-hybridized carbons (Fsp3) is 0.333. The van der Waals surface area contributed by atoms with Crippen LogP contribution in [0.5, 0.6) is 5.75 Å². The lowest BCUT2D eigenvalue weighted by Crippen LogP contribution is -2.36. The van der Waals surface area contributed by atoms with Gasteiger partial charge in [0.2, 0.25) is 0 Å². The third-order valence-electron chi connectivity index (χ3n) is 3.20. The average molecular weight is 256 g/mol. The normalized spacial score (nSPS) is 15.9. The van der Waals surface area contributed by atoms with Crippen molar-refractivity contribution in [3.8, 4) is 11.8 Å². The number of amides is 1. The molecule has 0 unspecified atom stereocenters. The van der Waals surface area contributed by atoms with E-state index in [1.807, 2.05) is 6.07 Å². The lowest BCUT2D eigenvalue weighted by atomic mass is 10.1. The molecule has 1 N–H and O–H groups in total. The van der Waals surface area contributed by atoms with E-state index in [4.69, 9.17) is 5.26 Å². The monoisotopic (exact) mass is 256 g/mol. The zero-order chi connectivity index (χ0) is 13.7. The summed E-state index contributed by atoms with van der Waals surface area (Å²) < 4.78 is 0. The number of nitrogens with zero attached hydrogens (tertiary/aromatic N) is 2. The van der Waals surface area contributed by atoms with Gasteiger partial charge in [-0.3, -0.25) is 4.79 Å². The van der Waals surface area contributed by atoms with E-state index in [0.717, 1.165) is 37.9 Å². The van der Waals surface area contributed by atoms with E-state index in [1.54, 1.807) is 23.1 Å². The molecule has 0 spiro atoms. The molecule has 0 aliphatic carbocycles. The number of aromatic hydroxyl groups is 1. The van der Waals surface area contributed by atoms with Gasteiger partial charge >= 0.3 is 0 Å². The van der Waals surface area contributed by atoms with Crippen LogP contribution in [0.15, 0.2) is 29.8 Å². The Bertz CT molecular complexity index is 520. The van der Waals surface area contributed by atoms with Crippen LogP contribution in [-0.4, -0.2) is 29.0 Å². The number of nitriles is 1. The van der Waals surface area contributed by atoms with Gasteiger partial charge in [-0.15, -0.1) is 0 Å². The Morgan fingerprint density at radius 3 is 2.42 bits per heavy atom. The average Bonchev–Trinajstić information content (AvgIpc) is 2.47. The van der Waals surface area contributed by atoms with Crippen molar-refractivity contribution in [1.29, 1.82) is 5.26 Å². The Kier molecular flexibility index (Phi) is 4.19. The number of carbonyl (C=O) groups is 1. The van der Waals surface area contributed by atoms with Crippen LogP contribution in [0.25, 0.3) is 6.08 Å². The third kappa shape index (κ3) is 3.35. The summed E-state index contributed by atoms with van der Waals surface area (Å²) in [6, 6.07) is 8.39. The summed E-state index contributed by atoms with van der Waals surface area (Å²) in [4.78, 5) is 13.9. The van der Waals surface area contributed by atoms with Gasteiger partial charge in [-0.1, -0.05) is 12.1 Å². The number of phenolic OH excluding ortho intramolecular Hbond substituents is 1. The second-order valence-corrected chi connectivity index (χ2v) is 4.61. The van der Waals surface area contributed by atoms with Crippen LogP contribution in [0, 0.1) is 11.3 Å². The lowest BCUT2D eigenvalue weighted by Gasteiger charge is -2.26. The molecule has 1 aliphatic rings. The molecule has 1 saturated heterocycles. The molecule has 0 bridgehead atoms. The highest BCUT2D eigenvalue weighted by atomic mass is 16.3. The quantitative estimate of drug-likeness (QED) is 0.652. The Labute approximate surface area is 112 Å². The summed E-state index contributed by atoms with van der Waals surface area (Å²) in [5, 5.41) is 18.3. The number of hydrogen-bond acceptors (Lipinski definition) is 3. The summed E-state index contributed by atoms with van der Waals surface area (Å²) in [7, 11) is 0. The minimum Gasteiger partial charge on any atom is -0.508 e. The molecule has 4 nitrogen and oxygen atoms in total. The first-order valence-corrected chi connectivity index (χ1v) is 6.41. The summed E-state index contributed by atoms with van der Waals surface area (Å²) in [5.41, 5.74) is 0.882. The van der Waals surface area contributed by atoms with Crippen molar-refractivity contribution in [3.05, 3.63) is 35.4 Å². The molecule has 2 rings (SSSR count). The predicted molar refractivity (Wildman–Crippen MR) is 72.1 cm³/mol. The van der Waals surface area contributed by atoms with E-state index in [0.29, 0.717) is 0 Å². The molecule has 1 fully saturated rings. The summed E-state index contributed by atoms with van der Waals surface area (Å²) in [5.74, 6) is -0.0340. The molecular weight excluding hydrogens is 240 g/mol. The molecule has 0 saturated carbocycles. The van der Waals surface area contributed by atoms with E-state index < -0.39 is 0 Å². The Morgan fingerprint density at radius 1 is 1.21 bits per heavy atom. The molecule has 0 aromatic heterocycles. The molecule has 0 atom stereocenters. The Hall–Kier alpha value is -2.28. The molecule has 1 amide bonds. The van der Waals surface area contributed by atoms with Crippen LogP contribution in [0.2, 0.25) is 0 Å². The van der Waals surface area contributed by atoms with Gasteiger partial charge in [-0.2, -0.15) is 5.26 Å². The van der Waals surface area contributed by atoms with E-state index in [2.05, 4.69) is 0 Å². The highest BCUT2D eigenvalue weighted by molar-refractivity contribution is 6.01. The largest absolute Gasteiger partial charge is 0.508 e. The first kappa shape index (κ1) is 13.2. The molecule has 19 heavy (non-hydrogen) atoms. The molecule has 1 aromatic carbocycles. The first-order valence-electron chi connectivity index (χ1n) is 6.41. The highest BCUT2D eigenvalue weighted by Crippen LogP contribution is 2.16. The van der Waals surface area contributed by atoms with Crippen LogP contribution in [0.1, 0.15) is 24.8 Å². The van der Waals surface area contributed by atoms with E-state index in [-0.39, 0.29) is 17.2 Å². The molecule has 1 aliphatic heterocycles. The second-order valence-electron chi connectivity index (χ2n) is 4.61. The number of likely N-dealkylation sites (tertiary alicyclic amines) is 1. The van der Waals surface area contributed by atoms with Gasteiger partial charge in [0, 0.05) is 13.1 Å². The van der Waals surface area contributed by atoms with Crippen molar-refractivity contribution in [2.45, 2.75) is 19.3 Å².